The van der Waals surface area contributed by atoms with Crippen molar-refractivity contribution in [2.45, 2.75) is 51.3 Å². The van der Waals surface area contributed by atoms with Gasteiger partial charge in [0.15, 0.2) is 6.10 Å². The number of carbonyl (C=O) groups excluding carboxylic acids is 2. The summed E-state index contributed by atoms with van der Waals surface area (Å²) < 4.78 is 5.78. The third kappa shape index (κ3) is 3.87. The Labute approximate surface area is 161 Å². The summed E-state index contributed by atoms with van der Waals surface area (Å²) in [6.07, 6.45) is 2.22. The number of hydrogen-bond acceptors (Lipinski definition) is 4. The quantitative estimate of drug-likeness (QED) is 0.827. The van der Waals surface area contributed by atoms with Gasteiger partial charge in [-0.2, -0.15) is 0 Å². The van der Waals surface area contributed by atoms with E-state index in [2.05, 4.69) is 0 Å². The average Bonchev–Trinajstić information content (AvgIpc) is 2.64. The highest BCUT2D eigenvalue weighted by atomic mass is 16.5. The summed E-state index contributed by atoms with van der Waals surface area (Å²) in [5, 5.41) is 9.73. The first-order chi connectivity index (χ1) is 12.9. The van der Waals surface area contributed by atoms with Crippen molar-refractivity contribution in [2.75, 3.05) is 26.8 Å². The number of rotatable bonds is 6. The van der Waals surface area contributed by atoms with E-state index < -0.39 is 12.1 Å². The number of amides is 2. The molecular formula is C21H30N2O4. The van der Waals surface area contributed by atoms with Crippen LogP contribution in [-0.2, 0) is 14.3 Å². The Hall–Kier alpha value is -1.92. The number of carbonyl (C=O) groups is 2. The van der Waals surface area contributed by atoms with Crippen LogP contribution in [0.25, 0.3) is 0 Å². The molecule has 2 atom stereocenters. The largest absolute Gasteiger partial charge is 0.396 e. The Morgan fingerprint density at radius 3 is 2.52 bits per heavy atom. The van der Waals surface area contributed by atoms with Crippen molar-refractivity contribution in [1.82, 2.24) is 9.80 Å². The first-order valence-electron chi connectivity index (χ1n) is 9.72. The molecule has 2 fully saturated rings. The van der Waals surface area contributed by atoms with Gasteiger partial charge in [-0.3, -0.25) is 9.59 Å². The maximum Gasteiger partial charge on any atom is 0.254 e. The smallest absolute Gasteiger partial charge is 0.254 e. The van der Waals surface area contributed by atoms with Crippen LogP contribution in [-0.4, -0.2) is 65.7 Å². The minimum Gasteiger partial charge on any atom is -0.396 e. The van der Waals surface area contributed by atoms with Gasteiger partial charge >= 0.3 is 0 Å². The van der Waals surface area contributed by atoms with Crippen LogP contribution in [0.5, 0.6) is 0 Å². The van der Waals surface area contributed by atoms with E-state index in [4.69, 9.17) is 4.74 Å². The Morgan fingerprint density at radius 2 is 2.00 bits per heavy atom. The van der Waals surface area contributed by atoms with Crippen LogP contribution in [0.1, 0.15) is 44.7 Å². The summed E-state index contributed by atoms with van der Waals surface area (Å²) in [6, 6.07) is 9.11. The van der Waals surface area contributed by atoms with Gasteiger partial charge in [0.2, 0.25) is 5.91 Å². The molecule has 6 nitrogen and oxygen atoms in total. The lowest BCUT2D eigenvalue weighted by Gasteiger charge is -2.46. The standard InChI is InChI=1S/C21H30N2O4/c1-15(2)23-17(25)12-27-19(18(23)16-8-5-4-6-9-16)20(26)22(3)13-21(14-24)10-7-11-21/h4-6,8-9,15,18-19,24H,7,10-14H2,1-3H3/t18-,19+/m1/s1. The third-order valence-corrected chi connectivity index (χ3v) is 5.90. The normalized spacial score (nSPS) is 24.6. The van der Waals surface area contributed by atoms with Crippen LogP contribution in [0.15, 0.2) is 30.3 Å². The maximum absolute atomic E-state index is 13.3. The van der Waals surface area contributed by atoms with Crippen molar-refractivity contribution in [2.24, 2.45) is 5.41 Å². The first kappa shape index (κ1) is 19.8. The van der Waals surface area contributed by atoms with Gasteiger partial charge in [-0.1, -0.05) is 36.8 Å². The monoisotopic (exact) mass is 374 g/mol. The molecule has 1 aliphatic heterocycles. The molecule has 3 rings (SSSR count). The summed E-state index contributed by atoms with van der Waals surface area (Å²) >= 11 is 0. The first-order valence-corrected chi connectivity index (χ1v) is 9.72. The summed E-state index contributed by atoms with van der Waals surface area (Å²) in [5.41, 5.74) is 0.709. The minimum atomic E-state index is -0.742. The van der Waals surface area contributed by atoms with Crippen molar-refractivity contribution in [3.63, 3.8) is 0 Å². The summed E-state index contributed by atoms with van der Waals surface area (Å²) in [4.78, 5) is 29.2. The van der Waals surface area contributed by atoms with Gasteiger partial charge in [-0.25, -0.2) is 0 Å². The minimum absolute atomic E-state index is 0.0392. The van der Waals surface area contributed by atoms with E-state index in [-0.39, 0.29) is 36.5 Å². The molecule has 0 unspecified atom stereocenters. The van der Waals surface area contributed by atoms with E-state index in [1.54, 1.807) is 16.8 Å². The van der Waals surface area contributed by atoms with E-state index in [0.717, 1.165) is 24.8 Å². The molecule has 148 valence electrons. The number of aliphatic hydroxyl groups excluding tert-OH is 1. The highest BCUT2D eigenvalue weighted by Gasteiger charge is 2.45. The lowest BCUT2D eigenvalue weighted by molar-refractivity contribution is -0.172. The summed E-state index contributed by atoms with van der Waals surface area (Å²) in [5.74, 6) is -0.238. The van der Waals surface area contributed by atoms with Crippen molar-refractivity contribution >= 4 is 11.8 Å². The maximum atomic E-state index is 13.3. The molecule has 0 aromatic heterocycles. The van der Waals surface area contributed by atoms with E-state index in [9.17, 15) is 14.7 Å². The van der Waals surface area contributed by atoms with Gasteiger partial charge in [0.25, 0.3) is 5.91 Å². The number of hydrogen-bond donors (Lipinski definition) is 1. The zero-order chi connectivity index (χ0) is 19.6. The Bertz CT molecular complexity index is 667. The lowest BCUT2D eigenvalue weighted by Crippen LogP contribution is -2.57. The third-order valence-electron chi connectivity index (χ3n) is 5.90. The van der Waals surface area contributed by atoms with Gasteiger partial charge in [0, 0.05) is 25.0 Å². The van der Waals surface area contributed by atoms with Crippen molar-refractivity contribution in [3.05, 3.63) is 35.9 Å². The SMILES string of the molecule is CC(C)N1C(=O)CO[C@H](C(=O)N(C)CC2(CO)CCC2)[C@H]1c1ccccc1. The average molecular weight is 374 g/mol. The molecule has 1 saturated carbocycles. The van der Waals surface area contributed by atoms with Gasteiger partial charge < -0.3 is 19.6 Å². The number of aliphatic hydroxyl groups is 1. The van der Waals surface area contributed by atoms with Gasteiger partial charge in [-0.05, 0) is 32.3 Å². The van der Waals surface area contributed by atoms with Crippen molar-refractivity contribution in [3.8, 4) is 0 Å². The number of ether oxygens (including phenoxy) is 1. The van der Waals surface area contributed by atoms with Crippen LogP contribution in [0.2, 0.25) is 0 Å². The topological polar surface area (TPSA) is 70.1 Å². The highest BCUT2D eigenvalue weighted by molar-refractivity contribution is 5.86. The Morgan fingerprint density at radius 1 is 1.33 bits per heavy atom. The van der Waals surface area contributed by atoms with Gasteiger partial charge in [-0.15, -0.1) is 0 Å². The second-order valence-electron chi connectivity index (χ2n) is 8.19. The van der Waals surface area contributed by atoms with Crippen molar-refractivity contribution < 1.29 is 19.4 Å². The molecule has 0 bridgehead atoms. The van der Waals surface area contributed by atoms with Crippen LogP contribution >= 0.6 is 0 Å². The van der Waals surface area contributed by atoms with E-state index >= 15 is 0 Å². The number of benzene rings is 1. The van der Waals surface area contributed by atoms with Crippen LogP contribution in [0, 0.1) is 5.41 Å². The van der Waals surface area contributed by atoms with Crippen LogP contribution < -0.4 is 0 Å². The zero-order valence-corrected chi connectivity index (χ0v) is 16.4. The zero-order valence-electron chi connectivity index (χ0n) is 16.4. The number of morpholine rings is 1. The molecule has 1 saturated heterocycles. The number of nitrogens with zero attached hydrogens (tertiary/aromatic N) is 2. The van der Waals surface area contributed by atoms with Gasteiger partial charge in [0.1, 0.15) is 6.61 Å². The fourth-order valence-corrected chi connectivity index (χ4v) is 4.27. The molecule has 1 aromatic rings. The summed E-state index contributed by atoms with van der Waals surface area (Å²) in [6.45, 7) is 4.43. The Balaban J connectivity index is 1.86. The molecule has 6 heteroatoms. The molecule has 1 aliphatic carbocycles. The van der Waals surface area contributed by atoms with Crippen molar-refractivity contribution in [1.29, 1.82) is 0 Å². The van der Waals surface area contributed by atoms with E-state index in [1.165, 1.54) is 0 Å². The molecule has 27 heavy (non-hydrogen) atoms. The molecular weight excluding hydrogens is 344 g/mol. The van der Waals surface area contributed by atoms with E-state index in [0.29, 0.717) is 6.54 Å². The molecule has 0 radical (unpaired) electrons. The predicted octanol–water partition coefficient (Wildman–Crippen LogP) is 1.98. The van der Waals surface area contributed by atoms with Crippen LogP contribution in [0.4, 0.5) is 0 Å². The molecule has 2 amide bonds. The molecule has 1 heterocycles. The van der Waals surface area contributed by atoms with Gasteiger partial charge in [0.05, 0.1) is 12.6 Å². The fraction of sp³-hybridized carbons (Fsp3) is 0.619. The van der Waals surface area contributed by atoms with E-state index in [1.807, 2.05) is 44.2 Å². The molecule has 2 aliphatic rings. The molecule has 0 spiro atoms. The van der Waals surface area contributed by atoms with Crippen LogP contribution in [0.3, 0.4) is 0 Å². The molecule has 1 aromatic carbocycles. The second-order valence-corrected chi connectivity index (χ2v) is 8.19. The second kappa shape index (κ2) is 7.98. The molecule has 1 N–H and O–H groups in total. The number of likely N-dealkylation sites (N-methyl/N-ethyl adjacent to an activating group) is 1. The highest BCUT2D eigenvalue weighted by Crippen LogP contribution is 2.41. The predicted molar refractivity (Wildman–Crippen MR) is 102 cm³/mol. The summed E-state index contributed by atoms with van der Waals surface area (Å²) in [7, 11) is 1.76. The fourth-order valence-electron chi connectivity index (χ4n) is 4.27. The lowest BCUT2D eigenvalue weighted by atomic mass is 9.69. The Kier molecular flexibility index (Phi) is 5.86.